The van der Waals surface area contributed by atoms with Crippen molar-refractivity contribution in [3.63, 3.8) is 0 Å². The van der Waals surface area contributed by atoms with Gasteiger partial charge in [0.05, 0.1) is 18.1 Å². The summed E-state index contributed by atoms with van der Waals surface area (Å²) < 4.78 is 18.4. The summed E-state index contributed by atoms with van der Waals surface area (Å²) in [7, 11) is 1.68. The van der Waals surface area contributed by atoms with Crippen LogP contribution in [-0.2, 0) is 9.53 Å². The maximum absolute atomic E-state index is 12.2. The molecular weight excluding hydrogens is 474 g/mol. The summed E-state index contributed by atoms with van der Waals surface area (Å²) >= 11 is 9.93. The lowest BCUT2D eigenvalue weighted by Crippen LogP contribution is -2.22. The van der Waals surface area contributed by atoms with Gasteiger partial charge in [-0.05, 0) is 36.4 Å². The van der Waals surface area contributed by atoms with E-state index >= 15 is 0 Å². The Morgan fingerprint density at radius 1 is 1.07 bits per heavy atom. The van der Waals surface area contributed by atoms with Gasteiger partial charge in [-0.1, -0.05) is 58.1 Å². The predicted molar refractivity (Wildman–Crippen MR) is 123 cm³/mol. The molecule has 8 heteroatoms. The van der Waals surface area contributed by atoms with Crippen molar-refractivity contribution in [3.8, 4) is 11.5 Å². The molecule has 5 nitrogen and oxygen atoms in total. The lowest BCUT2D eigenvalue weighted by Gasteiger charge is -2.11. The molecule has 2 aromatic carbocycles. The minimum atomic E-state index is -0.104. The molecule has 1 aliphatic rings. The highest BCUT2D eigenvalue weighted by molar-refractivity contribution is 9.10. The Hall–Kier alpha value is -1.87. The Balaban J connectivity index is 1.48. The maximum Gasteiger partial charge on any atom is 0.265 e. The number of carbonyl (C=O) groups is 1. The summed E-state index contributed by atoms with van der Waals surface area (Å²) in [5.74, 6) is 1.40. The van der Waals surface area contributed by atoms with Crippen molar-refractivity contribution in [1.29, 1.82) is 0 Å². The highest BCUT2D eigenvalue weighted by Gasteiger charge is 2.28. The molecule has 1 heterocycles. The van der Waals surface area contributed by atoms with E-state index < -0.39 is 0 Å². The minimum Gasteiger partial charge on any atom is -0.491 e. The number of halogens is 1. The third-order valence-corrected chi connectivity index (χ3v) is 5.95. The van der Waals surface area contributed by atoms with E-state index in [0.29, 0.717) is 41.4 Å². The van der Waals surface area contributed by atoms with E-state index in [0.717, 1.165) is 15.8 Å². The zero-order chi connectivity index (χ0) is 20.6. The third kappa shape index (κ3) is 6.30. The normalized spacial score (nSPS) is 15.2. The maximum atomic E-state index is 12.2. The first kappa shape index (κ1) is 21.8. The molecule has 0 saturated carbocycles. The number of benzene rings is 2. The van der Waals surface area contributed by atoms with Crippen LogP contribution in [0.3, 0.4) is 0 Å². The quantitative estimate of drug-likeness (QED) is 0.285. The number of carbonyl (C=O) groups excluding carboxylic acids is 1. The first-order valence-corrected chi connectivity index (χ1v) is 11.0. The molecule has 0 bridgehead atoms. The number of para-hydroxylation sites is 1. The molecule has 0 aromatic heterocycles. The van der Waals surface area contributed by atoms with E-state index in [1.165, 1.54) is 16.7 Å². The molecule has 29 heavy (non-hydrogen) atoms. The van der Waals surface area contributed by atoms with Gasteiger partial charge in [0.2, 0.25) is 0 Å². The second-order valence-corrected chi connectivity index (χ2v) is 8.64. The molecule has 3 rings (SSSR count). The van der Waals surface area contributed by atoms with Crippen molar-refractivity contribution >= 4 is 56.2 Å². The Morgan fingerprint density at radius 2 is 1.79 bits per heavy atom. The molecule has 0 atom stereocenters. The standard InChI is InChI=1S/C21H20BrNO4S2/c1-23-20(24)19(29-21(23)28)14-15-13-16(22)7-8-18(15)27-12-10-25-9-11-26-17-5-3-2-4-6-17/h2-8,13-14H,9-12H2,1H3/b19-14-. The summed E-state index contributed by atoms with van der Waals surface area (Å²) in [6.07, 6.45) is 1.80. The third-order valence-electron chi connectivity index (χ3n) is 3.97. The van der Waals surface area contributed by atoms with E-state index in [1.807, 2.05) is 48.5 Å². The largest absolute Gasteiger partial charge is 0.491 e. The van der Waals surface area contributed by atoms with Gasteiger partial charge >= 0.3 is 0 Å². The monoisotopic (exact) mass is 493 g/mol. The number of thioether (sulfide) groups is 1. The second-order valence-electron chi connectivity index (χ2n) is 6.05. The number of thiocarbonyl (C=S) groups is 1. The molecule has 0 unspecified atom stereocenters. The van der Waals surface area contributed by atoms with Gasteiger partial charge in [0, 0.05) is 17.1 Å². The number of nitrogens with zero attached hydrogens (tertiary/aromatic N) is 1. The number of likely N-dealkylation sites (N-methyl/N-ethyl adjacent to an activating group) is 1. The van der Waals surface area contributed by atoms with Crippen LogP contribution in [0.15, 0.2) is 57.9 Å². The Kier molecular flexibility index (Phi) is 8.11. The molecule has 0 radical (unpaired) electrons. The van der Waals surface area contributed by atoms with Crippen molar-refractivity contribution in [2.75, 3.05) is 33.5 Å². The van der Waals surface area contributed by atoms with Gasteiger partial charge in [-0.15, -0.1) is 0 Å². The van der Waals surface area contributed by atoms with Gasteiger partial charge < -0.3 is 14.2 Å². The van der Waals surface area contributed by atoms with Gasteiger partial charge in [0.1, 0.15) is 29.0 Å². The smallest absolute Gasteiger partial charge is 0.265 e. The van der Waals surface area contributed by atoms with Crippen molar-refractivity contribution in [1.82, 2.24) is 4.90 Å². The van der Waals surface area contributed by atoms with Crippen LogP contribution in [-0.4, -0.2) is 48.6 Å². The number of hydrogen-bond acceptors (Lipinski definition) is 6. The Morgan fingerprint density at radius 3 is 2.48 bits per heavy atom. The van der Waals surface area contributed by atoms with Gasteiger partial charge in [-0.25, -0.2) is 0 Å². The summed E-state index contributed by atoms with van der Waals surface area (Å²) in [5, 5.41) is 0. The average Bonchev–Trinajstić information content (AvgIpc) is 2.96. The van der Waals surface area contributed by atoms with Crippen molar-refractivity contribution in [2.45, 2.75) is 0 Å². The number of amides is 1. The van der Waals surface area contributed by atoms with Gasteiger partial charge in [0.25, 0.3) is 5.91 Å². The van der Waals surface area contributed by atoms with E-state index in [-0.39, 0.29) is 5.91 Å². The zero-order valence-corrected chi connectivity index (χ0v) is 19.0. The molecule has 2 aromatic rings. The first-order valence-electron chi connectivity index (χ1n) is 8.94. The zero-order valence-electron chi connectivity index (χ0n) is 15.8. The molecule has 1 fully saturated rings. The first-order chi connectivity index (χ1) is 14.0. The van der Waals surface area contributed by atoms with Crippen LogP contribution in [0.4, 0.5) is 0 Å². The molecule has 0 N–H and O–H groups in total. The second kappa shape index (κ2) is 10.8. The molecule has 152 valence electrons. The summed E-state index contributed by atoms with van der Waals surface area (Å²) in [4.78, 5) is 14.3. The van der Waals surface area contributed by atoms with Crippen LogP contribution >= 0.6 is 39.9 Å². The summed E-state index contributed by atoms with van der Waals surface area (Å²) in [6.45, 7) is 1.78. The van der Waals surface area contributed by atoms with Gasteiger partial charge in [-0.3, -0.25) is 9.69 Å². The molecule has 0 aliphatic carbocycles. The fourth-order valence-electron chi connectivity index (χ4n) is 2.50. The highest BCUT2D eigenvalue weighted by Crippen LogP contribution is 2.34. The van der Waals surface area contributed by atoms with Crippen molar-refractivity contribution in [3.05, 3.63) is 63.5 Å². The fourth-order valence-corrected chi connectivity index (χ4v) is 4.05. The van der Waals surface area contributed by atoms with Crippen LogP contribution in [0, 0.1) is 0 Å². The minimum absolute atomic E-state index is 0.104. The lowest BCUT2D eigenvalue weighted by molar-refractivity contribution is -0.121. The van der Waals surface area contributed by atoms with Crippen LogP contribution in [0.5, 0.6) is 11.5 Å². The molecule has 1 aliphatic heterocycles. The number of hydrogen-bond donors (Lipinski definition) is 0. The fraction of sp³-hybridized carbons (Fsp3) is 0.238. The van der Waals surface area contributed by atoms with Crippen LogP contribution in [0.25, 0.3) is 6.08 Å². The summed E-state index contributed by atoms with van der Waals surface area (Å²) in [6, 6.07) is 15.3. The van der Waals surface area contributed by atoms with E-state index in [2.05, 4.69) is 15.9 Å². The van der Waals surface area contributed by atoms with Crippen LogP contribution in [0.1, 0.15) is 5.56 Å². The number of rotatable bonds is 9. The molecule has 1 saturated heterocycles. The van der Waals surface area contributed by atoms with Crippen LogP contribution < -0.4 is 9.47 Å². The molecule has 1 amide bonds. The van der Waals surface area contributed by atoms with E-state index in [4.69, 9.17) is 26.4 Å². The topological polar surface area (TPSA) is 48.0 Å². The average molecular weight is 494 g/mol. The molecule has 0 spiro atoms. The highest BCUT2D eigenvalue weighted by atomic mass is 79.9. The Labute approximate surface area is 188 Å². The summed E-state index contributed by atoms with van der Waals surface area (Å²) in [5.41, 5.74) is 0.806. The van der Waals surface area contributed by atoms with Gasteiger partial charge in [0.15, 0.2) is 0 Å². The lowest BCUT2D eigenvalue weighted by atomic mass is 10.2. The van der Waals surface area contributed by atoms with Gasteiger partial charge in [-0.2, -0.15) is 0 Å². The van der Waals surface area contributed by atoms with E-state index in [1.54, 1.807) is 13.1 Å². The number of ether oxygens (including phenoxy) is 3. The van der Waals surface area contributed by atoms with E-state index in [9.17, 15) is 4.79 Å². The van der Waals surface area contributed by atoms with Crippen molar-refractivity contribution < 1.29 is 19.0 Å². The Bertz CT molecular complexity index is 905. The molecular formula is C21H20BrNO4S2. The predicted octanol–water partition coefficient (Wildman–Crippen LogP) is 4.75. The van der Waals surface area contributed by atoms with Crippen molar-refractivity contribution in [2.24, 2.45) is 0 Å². The SMILES string of the molecule is CN1C(=O)/C(=C/c2cc(Br)ccc2OCCOCCOc2ccccc2)SC1=S. The van der Waals surface area contributed by atoms with Crippen LogP contribution in [0.2, 0.25) is 0 Å².